The molecule has 146 valence electrons. The molecule has 0 heterocycles. The molecule has 1 aliphatic carbocycles. The van der Waals surface area contributed by atoms with E-state index in [0.717, 1.165) is 36.9 Å². The quantitative estimate of drug-likeness (QED) is 0.822. The number of aliphatic hydroxyl groups is 1. The normalized spacial score (nSPS) is 25.7. The lowest BCUT2D eigenvalue weighted by molar-refractivity contribution is -0.0753. The van der Waals surface area contributed by atoms with E-state index in [-0.39, 0.29) is 17.6 Å². The molecule has 0 amide bonds. The lowest BCUT2D eigenvalue weighted by atomic mass is 9.66. The number of benzene rings is 2. The van der Waals surface area contributed by atoms with Gasteiger partial charge in [0.15, 0.2) is 0 Å². The van der Waals surface area contributed by atoms with E-state index in [1.807, 2.05) is 26.2 Å². The fraction of sp³-hybridized carbons (Fsp3) is 0.478. The van der Waals surface area contributed by atoms with Gasteiger partial charge in [0.1, 0.15) is 11.6 Å². The molecule has 2 aromatic carbocycles. The van der Waals surface area contributed by atoms with Gasteiger partial charge in [-0.15, -0.1) is 0 Å². The second-order valence-electron chi connectivity index (χ2n) is 8.32. The minimum absolute atomic E-state index is 0.0663. The highest BCUT2D eigenvalue weighted by Gasteiger charge is 2.43. The van der Waals surface area contributed by atoms with Crippen LogP contribution in [-0.4, -0.2) is 30.6 Å². The third-order valence-corrected chi connectivity index (χ3v) is 5.91. The lowest BCUT2D eigenvalue weighted by Gasteiger charge is -2.45. The van der Waals surface area contributed by atoms with Crippen molar-refractivity contribution in [3.63, 3.8) is 0 Å². The van der Waals surface area contributed by atoms with Crippen LogP contribution >= 0.6 is 0 Å². The minimum atomic E-state index is -0.942. The van der Waals surface area contributed by atoms with Gasteiger partial charge in [-0.25, -0.2) is 8.78 Å². The van der Waals surface area contributed by atoms with Crippen LogP contribution in [0.15, 0.2) is 42.5 Å². The summed E-state index contributed by atoms with van der Waals surface area (Å²) in [6, 6.07) is 11.7. The molecule has 1 fully saturated rings. The summed E-state index contributed by atoms with van der Waals surface area (Å²) in [6.07, 6.45) is 3.34. The van der Waals surface area contributed by atoms with E-state index in [9.17, 15) is 13.9 Å². The Morgan fingerprint density at radius 3 is 2.44 bits per heavy atom. The van der Waals surface area contributed by atoms with E-state index in [2.05, 4.69) is 4.90 Å². The second kappa shape index (κ2) is 8.07. The minimum Gasteiger partial charge on any atom is -0.385 e. The van der Waals surface area contributed by atoms with Crippen molar-refractivity contribution < 1.29 is 13.9 Å². The second-order valence-corrected chi connectivity index (χ2v) is 8.32. The molecule has 1 saturated carbocycles. The molecule has 0 bridgehead atoms. The van der Waals surface area contributed by atoms with E-state index in [1.54, 1.807) is 19.1 Å². The molecule has 3 rings (SSSR count). The van der Waals surface area contributed by atoms with Crippen LogP contribution in [0.4, 0.5) is 8.78 Å². The molecule has 1 N–H and O–H groups in total. The molecule has 27 heavy (non-hydrogen) atoms. The van der Waals surface area contributed by atoms with E-state index >= 15 is 0 Å². The Morgan fingerprint density at radius 1 is 1.11 bits per heavy atom. The highest BCUT2D eigenvalue weighted by Crippen LogP contribution is 2.45. The predicted octanol–water partition coefficient (Wildman–Crippen LogP) is 4.68. The van der Waals surface area contributed by atoms with Gasteiger partial charge >= 0.3 is 0 Å². The third kappa shape index (κ3) is 4.56. The van der Waals surface area contributed by atoms with Gasteiger partial charge in [-0.3, -0.25) is 0 Å². The van der Waals surface area contributed by atoms with Crippen molar-refractivity contribution >= 4 is 0 Å². The summed E-state index contributed by atoms with van der Waals surface area (Å²) >= 11 is 0. The zero-order valence-corrected chi connectivity index (χ0v) is 16.4. The number of halogens is 2. The van der Waals surface area contributed by atoms with Crippen molar-refractivity contribution in [2.24, 2.45) is 11.8 Å². The average molecular weight is 373 g/mol. The monoisotopic (exact) mass is 373 g/mol. The highest BCUT2D eigenvalue weighted by molar-refractivity contribution is 5.30. The first-order chi connectivity index (χ1) is 12.8. The van der Waals surface area contributed by atoms with Gasteiger partial charge in [0.2, 0.25) is 0 Å². The molecular formula is C23H29F2NO. The fourth-order valence-corrected chi connectivity index (χ4v) is 4.44. The molecule has 0 saturated heterocycles. The fourth-order valence-electron chi connectivity index (χ4n) is 4.44. The zero-order valence-electron chi connectivity index (χ0n) is 16.4. The van der Waals surface area contributed by atoms with E-state index in [4.69, 9.17) is 0 Å². The third-order valence-electron chi connectivity index (χ3n) is 5.91. The van der Waals surface area contributed by atoms with Crippen LogP contribution in [0.2, 0.25) is 0 Å². The molecule has 1 aliphatic rings. The van der Waals surface area contributed by atoms with Crippen LogP contribution in [0.3, 0.4) is 0 Å². The summed E-state index contributed by atoms with van der Waals surface area (Å²) < 4.78 is 26.9. The average Bonchev–Trinajstić information content (AvgIpc) is 2.62. The van der Waals surface area contributed by atoms with Crippen LogP contribution in [0.1, 0.15) is 36.0 Å². The van der Waals surface area contributed by atoms with Gasteiger partial charge in [0.25, 0.3) is 0 Å². The molecule has 3 atom stereocenters. The van der Waals surface area contributed by atoms with Gasteiger partial charge in [-0.2, -0.15) is 0 Å². The first-order valence-electron chi connectivity index (χ1n) is 9.66. The summed E-state index contributed by atoms with van der Waals surface area (Å²) in [5.41, 5.74) is 1.57. The Kier molecular flexibility index (Phi) is 5.97. The number of aryl methyl sites for hydroxylation is 1. The number of hydrogen-bond donors (Lipinski definition) is 1. The number of nitrogens with zero attached hydrogens (tertiary/aromatic N) is 1. The van der Waals surface area contributed by atoms with Crippen molar-refractivity contribution in [2.45, 2.75) is 38.2 Å². The maximum absolute atomic E-state index is 13.7. The van der Waals surface area contributed by atoms with Crippen molar-refractivity contribution in [2.75, 3.05) is 20.6 Å². The molecule has 0 aromatic heterocycles. The first kappa shape index (κ1) is 20.0. The lowest BCUT2D eigenvalue weighted by Crippen LogP contribution is -2.45. The SMILES string of the molecule is Cc1cc(C2(O)CCC(Cc3ccc(F)cc3)CC2CN(C)C)ccc1F. The summed E-state index contributed by atoms with van der Waals surface area (Å²) in [5.74, 6) is 0.0595. The summed E-state index contributed by atoms with van der Waals surface area (Å²) in [5, 5.41) is 11.6. The van der Waals surface area contributed by atoms with Crippen LogP contribution in [0, 0.1) is 30.4 Å². The zero-order chi connectivity index (χ0) is 19.6. The Morgan fingerprint density at radius 2 is 1.81 bits per heavy atom. The summed E-state index contributed by atoms with van der Waals surface area (Å²) in [4.78, 5) is 2.10. The van der Waals surface area contributed by atoms with Crippen LogP contribution in [0.25, 0.3) is 0 Å². The van der Waals surface area contributed by atoms with Gasteiger partial charge in [-0.1, -0.05) is 24.3 Å². The van der Waals surface area contributed by atoms with E-state index in [1.165, 1.54) is 18.2 Å². The van der Waals surface area contributed by atoms with Gasteiger partial charge in [0.05, 0.1) is 5.60 Å². The van der Waals surface area contributed by atoms with Gasteiger partial charge in [0, 0.05) is 12.5 Å². The molecule has 2 aromatic rings. The van der Waals surface area contributed by atoms with Crippen LogP contribution < -0.4 is 0 Å². The van der Waals surface area contributed by atoms with Crippen molar-refractivity contribution in [1.29, 1.82) is 0 Å². The summed E-state index contributed by atoms with van der Waals surface area (Å²) in [7, 11) is 4.03. The number of hydrogen-bond acceptors (Lipinski definition) is 2. The predicted molar refractivity (Wildman–Crippen MR) is 105 cm³/mol. The maximum atomic E-state index is 13.7. The molecule has 0 spiro atoms. The highest BCUT2D eigenvalue weighted by atomic mass is 19.1. The topological polar surface area (TPSA) is 23.5 Å². The molecule has 4 heteroatoms. The Balaban J connectivity index is 1.81. The standard InChI is InChI=1S/C23H29F2NO/c1-16-12-19(6-9-22(16)25)23(27)11-10-18(14-20(23)15-26(2)3)13-17-4-7-21(24)8-5-17/h4-9,12,18,20,27H,10-11,13-15H2,1-3H3. The Bertz CT molecular complexity index is 774. The van der Waals surface area contributed by atoms with Crippen molar-refractivity contribution in [1.82, 2.24) is 4.90 Å². The summed E-state index contributed by atoms with van der Waals surface area (Å²) in [6.45, 7) is 2.51. The molecule has 3 unspecified atom stereocenters. The molecule has 2 nitrogen and oxygen atoms in total. The van der Waals surface area contributed by atoms with Gasteiger partial charge < -0.3 is 10.0 Å². The molecule has 0 radical (unpaired) electrons. The smallest absolute Gasteiger partial charge is 0.126 e. The Hall–Kier alpha value is -1.78. The van der Waals surface area contributed by atoms with E-state index in [0.29, 0.717) is 17.9 Å². The molecule has 0 aliphatic heterocycles. The van der Waals surface area contributed by atoms with Crippen molar-refractivity contribution in [3.8, 4) is 0 Å². The number of rotatable bonds is 5. The van der Waals surface area contributed by atoms with Gasteiger partial charge in [-0.05, 0) is 87.5 Å². The van der Waals surface area contributed by atoms with Crippen molar-refractivity contribution in [3.05, 3.63) is 70.8 Å². The Labute approximate surface area is 160 Å². The maximum Gasteiger partial charge on any atom is 0.126 e. The molecular weight excluding hydrogens is 344 g/mol. The first-order valence-corrected chi connectivity index (χ1v) is 9.66. The van der Waals surface area contributed by atoms with Crippen LogP contribution in [-0.2, 0) is 12.0 Å². The largest absolute Gasteiger partial charge is 0.385 e. The van der Waals surface area contributed by atoms with Crippen LogP contribution in [0.5, 0.6) is 0 Å². The van der Waals surface area contributed by atoms with E-state index < -0.39 is 5.60 Å².